The van der Waals surface area contributed by atoms with Crippen molar-refractivity contribution < 1.29 is 19.4 Å². The largest absolute Gasteiger partial charge is 0.467 e. The Morgan fingerprint density at radius 3 is 2.58 bits per heavy atom. The van der Waals surface area contributed by atoms with E-state index in [0.29, 0.717) is 0 Å². The van der Waals surface area contributed by atoms with E-state index in [0.717, 1.165) is 7.11 Å². The second-order valence-electron chi connectivity index (χ2n) is 1.96. The van der Waals surface area contributed by atoms with Gasteiger partial charge in [-0.25, -0.2) is 4.79 Å². The lowest BCUT2D eigenvalue weighted by Gasteiger charge is -2.12. The maximum absolute atomic E-state index is 10.8. The number of nitrogens with one attached hydrogen (secondary N) is 1. The van der Waals surface area contributed by atoms with Crippen molar-refractivity contribution >= 4 is 23.5 Å². The van der Waals surface area contributed by atoms with E-state index in [2.05, 4.69) is 10.1 Å². The number of halogens is 1. The van der Waals surface area contributed by atoms with Gasteiger partial charge in [-0.05, 0) is 0 Å². The summed E-state index contributed by atoms with van der Waals surface area (Å²) in [5.41, 5.74) is 0. The van der Waals surface area contributed by atoms with Gasteiger partial charge in [-0.3, -0.25) is 4.79 Å². The second kappa shape index (κ2) is 5.79. The SMILES string of the molecule is COC(=O)C(CO)NC(=O)CCl. The zero-order valence-electron chi connectivity index (χ0n) is 6.54. The van der Waals surface area contributed by atoms with Gasteiger partial charge in [0, 0.05) is 0 Å². The molecule has 0 fully saturated rings. The van der Waals surface area contributed by atoms with Gasteiger partial charge >= 0.3 is 5.97 Å². The molecular formula is C6H10ClNO4. The molecule has 0 aliphatic rings. The van der Waals surface area contributed by atoms with Crippen LogP contribution in [0.1, 0.15) is 0 Å². The molecule has 0 radical (unpaired) electrons. The fraction of sp³-hybridized carbons (Fsp3) is 0.667. The summed E-state index contributed by atoms with van der Waals surface area (Å²) in [5.74, 6) is -1.48. The van der Waals surface area contributed by atoms with Crippen molar-refractivity contribution in [3.63, 3.8) is 0 Å². The molecule has 1 atom stereocenters. The summed E-state index contributed by atoms with van der Waals surface area (Å²) >= 11 is 5.16. The Bertz CT molecular complexity index is 173. The quantitative estimate of drug-likeness (QED) is 0.440. The molecule has 0 heterocycles. The number of rotatable bonds is 4. The van der Waals surface area contributed by atoms with E-state index < -0.39 is 24.5 Å². The van der Waals surface area contributed by atoms with Gasteiger partial charge in [0.1, 0.15) is 5.88 Å². The van der Waals surface area contributed by atoms with Crippen molar-refractivity contribution in [2.24, 2.45) is 0 Å². The Morgan fingerprint density at radius 1 is 1.67 bits per heavy atom. The number of ether oxygens (including phenoxy) is 1. The molecule has 6 heteroatoms. The maximum Gasteiger partial charge on any atom is 0.330 e. The number of amides is 1. The first-order chi connectivity index (χ1) is 5.65. The number of alkyl halides is 1. The summed E-state index contributed by atoms with van der Waals surface area (Å²) in [5, 5.41) is 10.8. The molecule has 0 spiro atoms. The van der Waals surface area contributed by atoms with Crippen molar-refractivity contribution in [2.75, 3.05) is 19.6 Å². The molecule has 0 saturated heterocycles. The minimum absolute atomic E-state index is 0.256. The van der Waals surface area contributed by atoms with Gasteiger partial charge in [-0.1, -0.05) is 0 Å². The fourth-order valence-electron chi connectivity index (χ4n) is 0.554. The van der Waals surface area contributed by atoms with Gasteiger partial charge in [-0.15, -0.1) is 11.6 Å². The maximum atomic E-state index is 10.8. The van der Waals surface area contributed by atoms with E-state index >= 15 is 0 Å². The number of aliphatic hydroxyl groups excluding tert-OH is 1. The van der Waals surface area contributed by atoms with Crippen molar-refractivity contribution in [3.05, 3.63) is 0 Å². The molecule has 1 unspecified atom stereocenters. The molecule has 0 aromatic rings. The summed E-state index contributed by atoms with van der Waals surface area (Å²) in [6.45, 7) is -0.505. The van der Waals surface area contributed by atoms with Gasteiger partial charge in [-0.2, -0.15) is 0 Å². The lowest BCUT2D eigenvalue weighted by Crippen LogP contribution is -2.44. The average Bonchev–Trinajstić information content (AvgIpc) is 2.12. The van der Waals surface area contributed by atoms with Crippen LogP contribution in [0.3, 0.4) is 0 Å². The monoisotopic (exact) mass is 195 g/mol. The molecular weight excluding hydrogens is 186 g/mol. The van der Waals surface area contributed by atoms with Gasteiger partial charge in [0.2, 0.25) is 5.91 Å². The standard InChI is InChI=1S/C6H10ClNO4/c1-12-6(11)4(3-9)8-5(10)2-7/h4,9H,2-3H2,1H3,(H,8,10). The van der Waals surface area contributed by atoms with Crippen LogP contribution in [0, 0.1) is 0 Å². The fourth-order valence-corrected chi connectivity index (χ4v) is 0.631. The third-order valence-electron chi connectivity index (χ3n) is 1.12. The zero-order chi connectivity index (χ0) is 9.56. The lowest BCUT2D eigenvalue weighted by molar-refractivity contribution is -0.145. The Labute approximate surface area is 74.6 Å². The summed E-state index contributed by atoms with van der Waals surface area (Å²) < 4.78 is 4.29. The summed E-state index contributed by atoms with van der Waals surface area (Å²) in [4.78, 5) is 21.4. The highest BCUT2D eigenvalue weighted by Gasteiger charge is 2.19. The third kappa shape index (κ3) is 3.54. The predicted molar refractivity (Wildman–Crippen MR) is 41.8 cm³/mol. The van der Waals surface area contributed by atoms with E-state index in [1.165, 1.54) is 0 Å². The smallest absolute Gasteiger partial charge is 0.330 e. The van der Waals surface area contributed by atoms with Crippen LogP contribution in [0.25, 0.3) is 0 Å². The molecule has 0 bridgehead atoms. The van der Waals surface area contributed by atoms with E-state index in [9.17, 15) is 9.59 Å². The first-order valence-electron chi connectivity index (χ1n) is 3.19. The Morgan fingerprint density at radius 2 is 2.25 bits per heavy atom. The number of hydrogen-bond acceptors (Lipinski definition) is 4. The second-order valence-corrected chi connectivity index (χ2v) is 2.23. The van der Waals surface area contributed by atoms with E-state index in [1.54, 1.807) is 0 Å². The van der Waals surface area contributed by atoms with Crippen LogP contribution in [0.5, 0.6) is 0 Å². The van der Waals surface area contributed by atoms with Crippen LogP contribution >= 0.6 is 11.6 Å². The van der Waals surface area contributed by atoms with Crippen molar-refractivity contribution in [3.8, 4) is 0 Å². The number of aliphatic hydroxyl groups is 1. The minimum Gasteiger partial charge on any atom is -0.467 e. The zero-order valence-corrected chi connectivity index (χ0v) is 7.30. The van der Waals surface area contributed by atoms with Crippen molar-refractivity contribution in [1.82, 2.24) is 5.32 Å². The molecule has 0 aromatic carbocycles. The molecule has 0 aromatic heterocycles. The molecule has 0 aliphatic heterocycles. The van der Waals surface area contributed by atoms with Gasteiger partial charge in [0.25, 0.3) is 0 Å². The number of hydrogen-bond donors (Lipinski definition) is 2. The van der Waals surface area contributed by atoms with Crippen LogP contribution in [0.4, 0.5) is 0 Å². The predicted octanol–water partition coefficient (Wildman–Crippen LogP) is -1.12. The van der Waals surface area contributed by atoms with Crippen LogP contribution in [-0.4, -0.2) is 42.6 Å². The average molecular weight is 196 g/mol. The Balaban J connectivity index is 3.99. The lowest BCUT2D eigenvalue weighted by atomic mass is 10.3. The molecule has 70 valence electrons. The molecule has 0 saturated carbocycles. The van der Waals surface area contributed by atoms with E-state index in [4.69, 9.17) is 16.7 Å². The highest BCUT2D eigenvalue weighted by Crippen LogP contribution is 1.87. The molecule has 0 aliphatic carbocycles. The van der Waals surface area contributed by atoms with Gasteiger partial charge in [0.05, 0.1) is 13.7 Å². The van der Waals surface area contributed by atoms with E-state index in [-0.39, 0.29) is 5.88 Å². The highest BCUT2D eigenvalue weighted by molar-refractivity contribution is 6.27. The normalized spacial score (nSPS) is 11.9. The number of carbonyl (C=O) groups is 2. The summed E-state index contributed by atoms with van der Waals surface area (Å²) in [7, 11) is 1.16. The first kappa shape index (κ1) is 11.2. The summed E-state index contributed by atoms with van der Waals surface area (Å²) in [6.07, 6.45) is 0. The third-order valence-corrected chi connectivity index (χ3v) is 1.37. The first-order valence-corrected chi connectivity index (χ1v) is 3.73. The van der Waals surface area contributed by atoms with Gasteiger partial charge in [0.15, 0.2) is 6.04 Å². The number of carbonyl (C=O) groups excluding carboxylic acids is 2. The molecule has 1 amide bonds. The topological polar surface area (TPSA) is 75.6 Å². The summed E-state index contributed by atoms with van der Waals surface area (Å²) in [6, 6.07) is -1.03. The molecule has 12 heavy (non-hydrogen) atoms. The Hall–Kier alpha value is -0.810. The van der Waals surface area contributed by atoms with Crippen molar-refractivity contribution in [1.29, 1.82) is 0 Å². The number of esters is 1. The van der Waals surface area contributed by atoms with Gasteiger partial charge < -0.3 is 15.2 Å². The molecule has 0 rings (SSSR count). The van der Waals surface area contributed by atoms with E-state index in [1.807, 2.05) is 0 Å². The minimum atomic E-state index is -1.03. The molecule has 2 N–H and O–H groups in total. The van der Waals surface area contributed by atoms with Crippen LogP contribution in [0.2, 0.25) is 0 Å². The highest BCUT2D eigenvalue weighted by atomic mass is 35.5. The van der Waals surface area contributed by atoms with Crippen LogP contribution in [0.15, 0.2) is 0 Å². The Kier molecular flexibility index (Phi) is 5.40. The van der Waals surface area contributed by atoms with Crippen LogP contribution < -0.4 is 5.32 Å². The number of methoxy groups -OCH3 is 1. The molecule has 5 nitrogen and oxygen atoms in total. The van der Waals surface area contributed by atoms with Crippen LogP contribution in [-0.2, 0) is 14.3 Å². The van der Waals surface area contributed by atoms with Crippen molar-refractivity contribution in [2.45, 2.75) is 6.04 Å².